The number of Topliss-reactive ketones (excluding diaryl/α,β-unsaturated/α-hetero) is 1. The number of rotatable bonds is 13. The monoisotopic (exact) mass is 370 g/mol. The van der Waals surface area contributed by atoms with Gasteiger partial charge in [0.15, 0.2) is 0 Å². The molecule has 6 heteroatoms. The summed E-state index contributed by atoms with van der Waals surface area (Å²) in [5, 5.41) is 39.0. The van der Waals surface area contributed by atoms with E-state index in [2.05, 4.69) is 6.92 Å². The molecule has 0 amide bonds. The third-order valence-corrected chi connectivity index (χ3v) is 5.13. The number of aliphatic hydroxyl groups is 3. The zero-order chi connectivity index (χ0) is 19.5. The van der Waals surface area contributed by atoms with E-state index in [0.717, 1.165) is 19.3 Å². The number of unbranched alkanes of at least 4 members (excludes halogenated alkanes) is 3. The Morgan fingerprint density at radius 3 is 2.42 bits per heavy atom. The van der Waals surface area contributed by atoms with E-state index in [9.17, 15) is 24.9 Å². The summed E-state index contributed by atoms with van der Waals surface area (Å²) >= 11 is 0. The zero-order valence-electron chi connectivity index (χ0n) is 15.7. The number of carboxylic acid groups (broad SMARTS) is 1. The van der Waals surface area contributed by atoms with Crippen LogP contribution in [0.1, 0.15) is 71.1 Å². The van der Waals surface area contributed by atoms with E-state index >= 15 is 0 Å². The normalized spacial score (nSPS) is 27.1. The minimum absolute atomic E-state index is 0.0181. The molecule has 150 valence electrons. The highest BCUT2D eigenvalue weighted by Crippen LogP contribution is 2.36. The van der Waals surface area contributed by atoms with Crippen molar-refractivity contribution in [3.05, 3.63) is 12.2 Å². The van der Waals surface area contributed by atoms with E-state index in [0.29, 0.717) is 25.7 Å². The molecule has 1 fully saturated rings. The summed E-state index contributed by atoms with van der Waals surface area (Å²) in [5.74, 6) is -1.57. The van der Waals surface area contributed by atoms with E-state index < -0.39 is 24.3 Å². The van der Waals surface area contributed by atoms with Crippen molar-refractivity contribution in [3.63, 3.8) is 0 Å². The molecule has 0 bridgehead atoms. The van der Waals surface area contributed by atoms with Crippen LogP contribution in [0, 0.1) is 11.8 Å². The molecule has 1 aliphatic carbocycles. The van der Waals surface area contributed by atoms with Crippen molar-refractivity contribution in [1.82, 2.24) is 0 Å². The fourth-order valence-corrected chi connectivity index (χ4v) is 3.58. The molecule has 0 aliphatic heterocycles. The Hall–Kier alpha value is -1.24. The number of carbonyl (C=O) groups is 2. The van der Waals surface area contributed by atoms with Gasteiger partial charge in [0.25, 0.3) is 0 Å². The van der Waals surface area contributed by atoms with Crippen LogP contribution in [0.2, 0.25) is 0 Å². The number of aliphatic carboxylic acids is 1. The van der Waals surface area contributed by atoms with Crippen molar-refractivity contribution in [2.75, 3.05) is 0 Å². The molecule has 5 atom stereocenters. The van der Waals surface area contributed by atoms with E-state index in [1.165, 1.54) is 0 Å². The number of aliphatic hydroxyl groups excluding tert-OH is 3. The number of hydrogen-bond donors (Lipinski definition) is 4. The largest absolute Gasteiger partial charge is 0.481 e. The van der Waals surface area contributed by atoms with Crippen LogP contribution < -0.4 is 0 Å². The van der Waals surface area contributed by atoms with Crippen LogP contribution in [0.25, 0.3) is 0 Å². The summed E-state index contributed by atoms with van der Waals surface area (Å²) in [6, 6.07) is 0. The molecule has 26 heavy (non-hydrogen) atoms. The van der Waals surface area contributed by atoms with E-state index in [1.807, 2.05) is 0 Å². The molecule has 0 aromatic rings. The zero-order valence-corrected chi connectivity index (χ0v) is 15.7. The van der Waals surface area contributed by atoms with Gasteiger partial charge in [-0.1, -0.05) is 38.3 Å². The molecule has 1 saturated carbocycles. The highest BCUT2D eigenvalue weighted by molar-refractivity contribution is 5.78. The van der Waals surface area contributed by atoms with Crippen LogP contribution in [0.15, 0.2) is 12.2 Å². The van der Waals surface area contributed by atoms with Crippen LogP contribution >= 0.6 is 0 Å². The lowest BCUT2D eigenvalue weighted by Gasteiger charge is -2.20. The predicted molar refractivity (Wildman–Crippen MR) is 98.6 cm³/mol. The van der Waals surface area contributed by atoms with E-state index in [4.69, 9.17) is 5.11 Å². The first-order valence-electron chi connectivity index (χ1n) is 9.81. The van der Waals surface area contributed by atoms with Crippen LogP contribution in [-0.2, 0) is 9.59 Å². The molecule has 4 N–H and O–H groups in total. The summed E-state index contributed by atoms with van der Waals surface area (Å²) in [6.07, 6.45) is 6.90. The maximum atomic E-state index is 12.1. The van der Waals surface area contributed by atoms with E-state index in [-0.39, 0.29) is 36.9 Å². The molecule has 1 aliphatic rings. The second-order valence-corrected chi connectivity index (χ2v) is 7.40. The van der Waals surface area contributed by atoms with Crippen molar-refractivity contribution in [2.24, 2.45) is 11.8 Å². The second-order valence-electron chi connectivity index (χ2n) is 7.40. The summed E-state index contributed by atoms with van der Waals surface area (Å²) < 4.78 is 0. The first-order valence-corrected chi connectivity index (χ1v) is 9.81. The van der Waals surface area contributed by atoms with Crippen molar-refractivity contribution >= 4 is 11.8 Å². The maximum Gasteiger partial charge on any atom is 0.303 e. The lowest BCUT2D eigenvalue weighted by molar-refractivity contribution is -0.137. The highest BCUT2D eigenvalue weighted by atomic mass is 16.4. The maximum absolute atomic E-state index is 12.1. The smallest absolute Gasteiger partial charge is 0.303 e. The Morgan fingerprint density at radius 1 is 1.08 bits per heavy atom. The van der Waals surface area contributed by atoms with Crippen LogP contribution in [0.4, 0.5) is 0 Å². The number of hydrogen-bond acceptors (Lipinski definition) is 5. The Labute approximate surface area is 155 Å². The van der Waals surface area contributed by atoms with Gasteiger partial charge in [-0.15, -0.1) is 0 Å². The summed E-state index contributed by atoms with van der Waals surface area (Å²) in [6.45, 7) is 2.10. The minimum Gasteiger partial charge on any atom is -0.481 e. The summed E-state index contributed by atoms with van der Waals surface area (Å²) in [4.78, 5) is 22.6. The Kier molecular flexibility index (Phi) is 10.7. The Morgan fingerprint density at radius 2 is 1.77 bits per heavy atom. The molecule has 0 saturated heterocycles. The van der Waals surface area contributed by atoms with Gasteiger partial charge < -0.3 is 20.4 Å². The molecule has 0 aromatic carbocycles. The molecule has 0 spiro atoms. The van der Waals surface area contributed by atoms with Gasteiger partial charge in [0.05, 0.1) is 18.3 Å². The molecular weight excluding hydrogens is 336 g/mol. The molecule has 0 aromatic heterocycles. The first kappa shape index (κ1) is 22.8. The Balaban J connectivity index is 2.50. The molecular formula is C20H34O6. The van der Waals surface area contributed by atoms with Gasteiger partial charge in [-0.25, -0.2) is 0 Å². The fraction of sp³-hybridized carbons (Fsp3) is 0.800. The summed E-state index contributed by atoms with van der Waals surface area (Å²) in [5.41, 5.74) is 0. The third-order valence-electron chi connectivity index (χ3n) is 5.13. The van der Waals surface area contributed by atoms with E-state index in [1.54, 1.807) is 12.2 Å². The third kappa shape index (κ3) is 8.43. The lowest BCUT2D eigenvalue weighted by Crippen LogP contribution is -2.24. The SMILES string of the molecule is CCCCC[C@H](O)/C=C/[C@H]1[C@@H](CC(=O)CCCCC(=O)O)[C@@H](O)C[C@H]1O. The van der Waals surface area contributed by atoms with Crippen LogP contribution in [0.3, 0.4) is 0 Å². The van der Waals surface area contributed by atoms with Crippen molar-refractivity contribution in [1.29, 1.82) is 0 Å². The molecule has 0 heterocycles. The van der Waals surface area contributed by atoms with Crippen molar-refractivity contribution < 1.29 is 30.0 Å². The first-order chi connectivity index (χ1) is 12.3. The number of carbonyl (C=O) groups excluding carboxylic acids is 1. The molecule has 1 rings (SSSR count). The van der Waals surface area contributed by atoms with Crippen LogP contribution in [0.5, 0.6) is 0 Å². The fourth-order valence-electron chi connectivity index (χ4n) is 3.58. The standard InChI is InChI=1S/C20H34O6/c1-2-3-4-7-14(21)10-11-16-17(19(24)13-18(16)23)12-15(22)8-5-6-9-20(25)26/h10-11,14,16-19,21,23-24H,2-9,12-13H2,1H3,(H,25,26)/b11-10+/t14-,16-,17+,18+,19-/m0/s1. The predicted octanol–water partition coefficient (Wildman–Crippen LogP) is 2.45. The number of ketones is 1. The van der Waals surface area contributed by atoms with Crippen molar-refractivity contribution in [3.8, 4) is 0 Å². The van der Waals surface area contributed by atoms with Gasteiger partial charge in [-0.05, 0) is 19.3 Å². The molecule has 0 unspecified atom stereocenters. The lowest BCUT2D eigenvalue weighted by atomic mass is 9.87. The minimum atomic E-state index is -0.866. The van der Waals surface area contributed by atoms with Crippen LogP contribution in [-0.4, -0.2) is 50.5 Å². The second kappa shape index (κ2) is 12.2. The molecule has 0 radical (unpaired) electrons. The van der Waals surface area contributed by atoms with Gasteiger partial charge in [0.2, 0.25) is 0 Å². The average molecular weight is 370 g/mol. The van der Waals surface area contributed by atoms with Crippen molar-refractivity contribution in [2.45, 2.75) is 89.4 Å². The summed E-state index contributed by atoms with van der Waals surface area (Å²) in [7, 11) is 0. The topological polar surface area (TPSA) is 115 Å². The quantitative estimate of drug-likeness (QED) is 0.292. The van der Waals surface area contributed by atoms with Gasteiger partial charge in [-0.3, -0.25) is 9.59 Å². The highest BCUT2D eigenvalue weighted by Gasteiger charge is 2.41. The van der Waals surface area contributed by atoms with Gasteiger partial charge in [0.1, 0.15) is 5.78 Å². The number of carboxylic acids is 1. The van der Waals surface area contributed by atoms with Gasteiger partial charge >= 0.3 is 5.97 Å². The Bertz CT molecular complexity index is 461. The van der Waals surface area contributed by atoms with Gasteiger partial charge in [-0.2, -0.15) is 0 Å². The molecule has 6 nitrogen and oxygen atoms in total. The van der Waals surface area contributed by atoms with Gasteiger partial charge in [0, 0.05) is 37.5 Å². The average Bonchev–Trinajstić information content (AvgIpc) is 2.83.